The summed E-state index contributed by atoms with van der Waals surface area (Å²) in [5.41, 5.74) is 6.21. The molecule has 1 aliphatic heterocycles. The van der Waals surface area contributed by atoms with E-state index < -0.39 is 52.7 Å². The molecule has 4 aliphatic rings. The predicted octanol–water partition coefficient (Wildman–Crippen LogP) is 2.01. The summed E-state index contributed by atoms with van der Waals surface area (Å²) in [6.07, 6.45) is 1.30. The second-order valence-electron chi connectivity index (χ2n) is 11.4. The Labute approximate surface area is 225 Å². The number of phenolic OH excluding ortho intramolecular Hbond substituents is 1. The molecule has 9 heteroatoms. The third kappa shape index (κ3) is 3.91. The number of amides is 1. The molecule has 9 nitrogen and oxygen atoms in total. The fraction of sp³-hybridized carbons (Fsp3) is 0.433. The number of rotatable bonds is 4. The standard InChI is InChI=1S/C30H32N2O7/c31-29(38)25-22(34)13-18-11-17-12-20-19(16-5-3-4-15(10-16)14-32-8-1-2-9-32)6-7-21(33)24(20)26(35)23(17)27(36)30(18,39)28(25)37/h3-7,10,17-18,22,25,33-34,36,39H,1-2,8-9,11-14H2,(H2,31,38)/t17-,18+,22?,25?,30+/m1/s1. The Morgan fingerprint density at radius 2 is 1.82 bits per heavy atom. The Bertz CT molecular complexity index is 1430. The van der Waals surface area contributed by atoms with Gasteiger partial charge in [0.2, 0.25) is 5.91 Å². The van der Waals surface area contributed by atoms with E-state index >= 15 is 0 Å². The minimum Gasteiger partial charge on any atom is -0.508 e. The highest BCUT2D eigenvalue weighted by atomic mass is 16.3. The number of nitrogens with zero attached hydrogens (tertiary/aromatic N) is 1. The summed E-state index contributed by atoms with van der Waals surface area (Å²) in [6, 6.07) is 11.3. The third-order valence-corrected chi connectivity index (χ3v) is 9.12. The van der Waals surface area contributed by atoms with E-state index in [9.17, 15) is 34.8 Å². The summed E-state index contributed by atoms with van der Waals surface area (Å²) in [5, 5.41) is 43.9. The maximum atomic E-state index is 13.8. The fourth-order valence-electron chi connectivity index (χ4n) is 7.23. The lowest BCUT2D eigenvalue weighted by molar-refractivity contribution is -0.167. The molecule has 2 aromatic carbocycles. The summed E-state index contributed by atoms with van der Waals surface area (Å²) in [7, 11) is 0. The van der Waals surface area contributed by atoms with Crippen LogP contribution in [0.25, 0.3) is 11.1 Å². The van der Waals surface area contributed by atoms with E-state index in [2.05, 4.69) is 17.0 Å². The Morgan fingerprint density at radius 1 is 1.08 bits per heavy atom. The van der Waals surface area contributed by atoms with E-state index in [1.54, 1.807) is 6.07 Å². The number of likely N-dealkylation sites (tertiary alicyclic amines) is 1. The number of hydrogen-bond donors (Lipinski definition) is 5. The van der Waals surface area contributed by atoms with Crippen molar-refractivity contribution in [3.05, 3.63) is 64.4 Å². The Hall–Kier alpha value is -3.53. The SMILES string of the molecule is NC(=O)C1C(=O)[C@@]2(O)C(O)=C3C(=O)c4c(O)ccc(-c5cccc(CN6CCCC6)c5)c4C[C@H]3C[C@H]2CC1O. The molecule has 204 valence electrons. The van der Waals surface area contributed by atoms with Gasteiger partial charge in [-0.05, 0) is 85.5 Å². The fourth-order valence-corrected chi connectivity index (χ4v) is 7.23. The average Bonchev–Trinajstić information content (AvgIpc) is 3.39. The van der Waals surface area contributed by atoms with Gasteiger partial charge in [-0.15, -0.1) is 0 Å². The van der Waals surface area contributed by atoms with Crippen LogP contribution in [-0.4, -0.2) is 67.6 Å². The second-order valence-corrected chi connectivity index (χ2v) is 11.4. The van der Waals surface area contributed by atoms with Gasteiger partial charge in [-0.2, -0.15) is 0 Å². The van der Waals surface area contributed by atoms with Crippen LogP contribution in [0.2, 0.25) is 0 Å². The van der Waals surface area contributed by atoms with Crippen molar-refractivity contribution in [3.63, 3.8) is 0 Å². The molecule has 2 fully saturated rings. The quantitative estimate of drug-likeness (QED) is 0.374. The highest BCUT2D eigenvalue weighted by Gasteiger charge is 2.62. The number of aliphatic hydroxyl groups excluding tert-OH is 2. The largest absolute Gasteiger partial charge is 0.508 e. The highest BCUT2D eigenvalue weighted by Crippen LogP contribution is 2.52. The number of aromatic hydroxyl groups is 1. The zero-order valence-electron chi connectivity index (χ0n) is 21.5. The zero-order valence-corrected chi connectivity index (χ0v) is 21.5. The lowest BCUT2D eigenvalue weighted by Crippen LogP contribution is -2.63. The molecular formula is C30H32N2O7. The van der Waals surface area contributed by atoms with Crippen LogP contribution >= 0.6 is 0 Å². The first-order chi connectivity index (χ1) is 18.6. The van der Waals surface area contributed by atoms with Crippen molar-refractivity contribution in [2.75, 3.05) is 13.1 Å². The maximum Gasteiger partial charge on any atom is 0.230 e. The monoisotopic (exact) mass is 532 g/mol. The van der Waals surface area contributed by atoms with Crippen LogP contribution < -0.4 is 5.73 Å². The van der Waals surface area contributed by atoms with Crippen molar-refractivity contribution in [3.8, 4) is 16.9 Å². The van der Waals surface area contributed by atoms with Gasteiger partial charge in [-0.3, -0.25) is 19.3 Å². The summed E-state index contributed by atoms with van der Waals surface area (Å²) >= 11 is 0. The Kier molecular flexibility index (Phi) is 6.13. The van der Waals surface area contributed by atoms with Crippen molar-refractivity contribution in [1.82, 2.24) is 4.90 Å². The molecule has 6 N–H and O–H groups in total. The number of Topliss-reactive ketones (excluding diaryl/α,β-unsaturated/α-hetero) is 2. The van der Waals surface area contributed by atoms with Crippen LogP contribution in [0.15, 0.2) is 47.7 Å². The van der Waals surface area contributed by atoms with Crippen LogP contribution in [0, 0.1) is 17.8 Å². The molecular weight excluding hydrogens is 500 g/mol. The van der Waals surface area contributed by atoms with E-state index in [1.807, 2.05) is 12.1 Å². The first-order valence-corrected chi connectivity index (χ1v) is 13.5. The van der Waals surface area contributed by atoms with Crippen molar-refractivity contribution < 1.29 is 34.8 Å². The molecule has 1 saturated heterocycles. The van der Waals surface area contributed by atoms with E-state index in [1.165, 1.54) is 18.9 Å². The van der Waals surface area contributed by atoms with Gasteiger partial charge in [0, 0.05) is 18.0 Å². The average molecular weight is 533 g/mol. The van der Waals surface area contributed by atoms with Crippen molar-refractivity contribution in [2.24, 2.45) is 23.5 Å². The Morgan fingerprint density at radius 3 is 2.54 bits per heavy atom. The first kappa shape index (κ1) is 25.7. The van der Waals surface area contributed by atoms with Crippen LogP contribution in [0.3, 0.4) is 0 Å². The minimum atomic E-state index is -2.50. The second kappa shape index (κ2) is 9.29. The summed E-state index contributed by atoms with van der Waals surface area (Å²) in [5.74, 6) is -7.06. The number of benzene rings is 2. The van der Waals surface area contributed by atoms with Gasteiger partial charge in [0.05, 0.1) is 11.7 Å². The number of carbonyl (C=O) groups excluding carboxylic acids is 3. The zero-order chi connectivity index (χ0) is 27.6. The van der Waals surface area contributed by atoms with E-state index in [0.717, 1.165) is 36.3 Å². The molecule has 1 saturated carbocycles. The normalized spacial score (nSPS) is 30.6. The number of carbonyl (C=O) groups is 3. The number of phenols is 1. The highest BCUT2D eigenvalue weighted by molar-refractivity contribution is 6.16. The summed E-state index contributed by atoms with van der Waals surface area (Å²) in [6.45, 7) is 2.97. The van der Waals surface area contributed by atoms with Gasteiger partial charge in [-0.25, -0.2) is 0 Å². The third-order valence-electron chi connectivity index (χ3n) is 9.12. The molecule has 0 spiro atoms. The van der Waals surface area contributed by atoms with Crippen LogP contribution in [0.1, 0.15) is 47.2 Å². The molecule has 39 heavy (non-hydrogen) atoms. The van der Waals surface area contributed by atoms with E-state index in [0.29, 0.717) is 5.56 Å². The van der Waals surface area contributed by atoms with Crippen LogP contribution in [0.4, 0.5) is 0 Å². The first-order valence-electron chi connectivity index (χ1n) is 13.5. The van der Waals surface area contributed by atoms with Gasteiger partial charge in [0.1, 0.15) is 17.4 Å². The molecule has 0 radical (unpaired) electrons. The van der Waals surface area contributed by atoms with Crippen LogP contribution in [0.5, 0.6) is 5.75 Å². The number of aliphatic hydroxyl groups is 3. The molecule has 2 unspecified atom stereocenters. The molecule has 0 bridgehead atoms. The molecule has 3 aliphatic carbocycles. The van der Waals surface area contributed by atoms with Gasteiger partial charge >= 0.3 is 0 Å². The topological polar surface area (TPSA) is 161 Å². The van der Waals surface area contributed by atoms with E-state index in [4.69, 9.17) is 5.73 Å². The van der Waals surface area contributed by atoms with Crippen LogP contribution in [-0.2, 0) is 22.6 Å². The minimum absolute atomic E-state index is 0.0343. The summed E-state index contributed by atoms with van der Waals surface area (Å²) < 4.78 is 0. The molecule has 2 aromatic rings. The molecule has 6 rings (SSSR count). The Balaban J connectivity index is 1.42. The van der Waals surface area contributed by atoms with Gasteiger partial charge < -0.3 is 26.2 Å². The smallest absolute Gasteiger partial charge is 0.230 e. The lowest BCUT2D eigenvalue weighted by atomic mass is 9.57. The number of nitrogens with two attached hydrogens (primary N) is 1. The number of hydrogen-bond acceptors (Lipinski definition) is 8. The maximum absolute atomic E-state index is 13.8. The number of primary amides is 1. The molecule has 1 amide bonds. The van der Waals surface area contributed by atoms with Crippen molar-refractivity contribution >= 4 is 17.5 Å². The molecule has 5 atom stereocenters. The predicted molar refractivity (Wildman–Crippen MR) is 141 cm³/mol. The van der Waals surface area contributed by atoms with Gasteiger partial charge in [0.25, 0.3) is 0 Å². The summed E-state index contributed by atoms with van der Waals surface area (Å²) in [4.78, 5) is 41.3. The lowest BCUT2D eigenvalue weighted by Gasteiger charge is -2.48. The molecule has 1 heterocycles. The van der Waals surface area contributed by atoms with E-state index in [-0.39, 0.29) is 36.1 Å². The van der Waals surface area contributed by atoms with Crippen molar-refractivity contribution in [1.29, 1.82) is 0 Å². The van der Waals surface area contributed by atoms with Gasteiger partial charge in [-0.1, -0.05) is 24.3 Å². The number of fused-ring (bicyclic) bond motifs is 3. The number of ketones is 2. The number of allylic oxidation sites excluding steroid dienone is 1. The van der Waals surface area contributed by atoms with Gasteiger partial charge in [0.15, 0.2) is 17.2 Å². The van der Waals surface area contributed by atoms with Crippen molar-refractivity contribution in [2.45, 2.75) is 50.4 Å². The molecule has 0 aromatic heterocycles.